The Morgan fingerprint density at radius 2 is 1.68 bits per heavy atom. The average Bonchev–Trinajstić information content (AvgIpc) is 2.41. The summed E-state index contributed by atoms with van der Waals surface area (Å²) in [7, 11) is 0. The summed E-state index contributed by atoms with van der Waals surface area (Å²) < 4.78 is 0. The fourth-order valence-corrected chi connectivity index (χ4v) is 2.11. The van der Waals surface area contributed by atoms with Crippen molar-refractivity contribution in [2.45, 2.75) is 6.04 Å². The van der Waals surface area contributed by atoms with E-state index in [1.165, 1.54) is 0 Å². The molecule has 0 aromatic heterocycles. The Labute approximate surface area is 126 Å². The number of nitriles is 1. The van der Waals surface area contributed by atoms with Crippen LogP contribution in [0.15, 0.2) is 42.5 Å². The van der Waals surface area contributed by atoms with Gasteiger partial charge in [0.05, 0.1) is 26.8 Å². The zero-order chi connectivity index (χ0) is 13.8. The normalized spacial score (nSPS) is 11.7. The van der Waals surface area contributed by atoms with Crippen LogP contribution in [0.1, 0.15) is 11.6 Å². The Kier molecular flexibility index (Phi) is 4.55. The highest BCUT2D eigenvalue weighted by Crippen LogP contribution is 2.29. The summed E-state index contributed by atoms with van der Waals surface area (Å²) in [6.07, 6.45) is 0. The summed E-state index contributed by atoms with van der Waals surface area (Å²) in [6.45, 7) is 0. The largest absolute Gasteiger partial charge is 0.365 e. The Bertz CT molecular complexity index is 635. The number of hydrogen-bond donors (Lipinski definition) is 1. The lowest BCUT2D eigenvalue weighted by Gasteiger charge is -2.15. The van der Waals surface area contributed by atoms with Crippen LogP contribution in [0.3, 0.4) is 0 Å². The van der Waals surface area contributed by atoms with Gasteiger partial charge in [0.1, 0.15) is 6.04 Å². The third-order valence-corrected chi connectivity index (χ3v) is 3.65. The molecule has 2 aromatic carbocycles. The highest BCUT2D eigenvalue weighted by molar-refractivity contribution is 6.42. The van der Waals surface area contributed by atoms with Gasteiger partial charge in [-0.15, -0.1) is 0 Å². The van der Waals surface area contributed by atoms with Crippen molar-refractivity contribution in [2.75, 3.05) is 5.32 Å². The van der Waals surface area contributed by atoms with E-state index in [1.807, 2.05) is 18.2 Å². The molecule has 0 fully saturated rings. The fraction of sp³-hybridized carbons (Fsp3) is 0.0714. The van der Waals surface area contributed by atoms with Gasteiger partial charge in [0.2, 0.25) is 0 Å². The van der Waals surface area contributed by atoms with Gasteiger partial charge in [0.15, 0.2) is 0 Å². The van der Waals surface area contributed by atoms with E-state index in [9.17, 15) is 5.26 Å². The molecule has 2 rings (SSSR count). The summed E-state index contributed by atoms with van der Waals surface area (Å²) in [5.41, 5.74) is 1.43. The van der Waals surface area contributed by atoms with Crippen LogP contribution in [0.25, 0.3) is 0 Å². The summed E-state index contributed by atoms with van der Waals surface area (Å²) in [6, 6.07) is 14.0. The third kappa shape index (κ3) is 3.33. The average molecular weight is 312 g/mol. The molecular formula is C14H9Cl3N2. The maximum Gasteiger partial charge on any atom is 0.140 e. The van der Waals surface area contributed by atoms with Gasteiger partial charge in [-0.3, -0.25) is 0 Å². The minimum Gasteiger partial charge on any atom is -0.365 e. The van der Waals surface area contributed by atoms with Gasteiger partial charge >= 0.3 is 0 Å². The molecule has 0 saturated heterocycles. The first-order valence-electron chi connectivity index (χ1n) is 5.47. The number of hydrogen-bond acceptors (Lipinski definition) is 2. The third-order valence-electron chi connectivity index (χ3n) is 2.58. The first kappa shape index (κ1) is 14.0. The van der Waals surface area contributed by atoms with Crippen molar-refractivity contribution in [3.8, 4) is 6.07 Å². The van der Waals surface area contributed by atoms with E-state index >= 15 is 0 Å². The molecular weight excluding hydrogens is 303 g/mol. The lowest BCUT2D eigenvalue weighted by Crippen LogP contribution is -2.08. The maximum atomic E-state index is 9.26. The smallest absolute Gasteiger partial charge is 0.140 e. The molecule has 2 nitrogen and oxygen atoms in total. The van der Waals surface area contributed by atoms with E-state index in [0.717, 1.165) is 5.56 Å². The van der Waals surface area contributed by atoms with Crippen molar-refractivity contribution < 1.29 is 0 Å². The molecule has 96 valence electrons. The minimum atomic E-state index is -0.547. The molecule has 2 aromatic rings. The highest BCUT2D eigenvalue weighted by atomic mass is 35.5. The molecule has 0 heterocycles. The van der Waals surface area contributed by atoms with Gasteiger partial charge in [0, 0.05) is 0 Å². The van der Waals surface area contributed by atoms with Crippen LogP contribution >= 0.6 is 34.8 Å². The zero-order valence-corrected chi connectivity index (χ0v) is 12.0. The van der Waals surface area contributed by atoms with Gasteiger partial charge in [-0.2, -0.15) is 5.26 Å². The van der Waals surface area contributed by atoms with Gasteiger partial charge in [0.25, 0.3) is 0 Å². The fourth-order valence-electron chi connectivity index (χ4n) is 1.62. The highest BCUT2D eigenvalue weighted by Gasteiger charge is 2.13. The van der Waals surface area contributed by atoms with Crippen molar-refractivity contribution in [3.63, 3.8) is 0 Å². The number of benzene rings is 2. The lowest BCUT2D eigenvalue weighted by molar-refractivity contribution is 0.998. The van der Waals surface area contributed by atoms with Gasteiger partial charge in [-0.1, -0.05) is 53.0 Å². The molecule has 5 heteroatoms. The molecule has 0 aliphatic rings. The molecule has 0 aliphatic carbocycles. The Hall–Kier alpha value is -1.40. The molecule has 1 atom stereocenters. The molecule has 1 unspecified atom stereocenters. The van der Waals surface area contributed by atoms with Crippen molar-refractivity contribution in [1.82, 2.24) is 0 Å². The second-order valence-corrected chi connectivity index (χ2v) is 5.08. The zero-order valence-electron chi connectivity index (χ0n) is 9.70. The molecule has 0 spiro atoms. The van der Waals surface area contributed by atoms with Crippen LogP contribution in [-0.4, -0.2) is 0 Å². The number of anilines is 1. The number of halogens is 3. The van der Waals surface area contributed by atoms with E-state index in [0.29, 0.717) is 20.8 Å². The van der Waals surface area contributed by atoms with Crippen molar-refractivity contribution in [2.24, 2.45) is 0 Å². The van der Waals surface area contributed by atoms with E-state index < -0.39 is 6.04 Å². The van der Waals surface area contributed by atoms with E-state index in [1.54, 1.807) is 24.3 Å². The monoisotopic (exact) mass is 310 g/mol. The molecule has 19 heavy (non-hydrogen) atoms. The van der Waals surface area contributed by atoms with E-state index in [4.69, 9.17) is 34.8 Å². The summed E-state index contributed by atoms with van der Waals surface area (Å²) in [4.78, 5) is 0. The summed E-state index contributed by atoms with van der Waals surface area (Å²) >= 11 is 17.9. The topological polar surface area (TPSA) is 35.8 Å². The first-order valence-corrected chi connectivity index (χ1v) is 6.61. The van der Waals surface area contributed by atoms with Gasteiger partial charge in [-0.05, 0) is 29.8 Å². The van der Waals surface area contributed by atoms with Crippen molar-refractivity contribution in [3.05, 3.63) is 63.1 Å². The lowest BCUT2D eigenvalue weighted by atomic mass is 10.1. The Balaban J connectivity index is 2.28. The Morgan fingerprint density at radius 1 is 0.947 bits per heavy atom. The SMILES string of the molecule is N#CC(Nc1ccccc1Cl)c1ccc(Cl)c(Cl)c1. The quantitative estimate of drug-likeness (QED) is 0.832. The molecule has 0 amide bonds. The summed E-state index contributed by atoms with van der Waals surface area (Å²) in [5, 5.41) is 13.8. The van der Waals surface area contributed by atoms with E-state index in [-0.39, 0.29) is 0 Å². The summed E-state index contributed by atoms with van der Waals surface area (Å²) in [5.74, 6) is 0. The second-order valence-electron chi connectivity index (χ2n) is 3.86. The van der Waals surface area contributed by atoms with Crippen LogP contribution in [-0.2, 0) is 0 Å². The second kappa shape index (κ2) is 6.16. The molecule has 0 saturated carbocycles. The maximum absolute atomic E-state index is 9.26. The number of rotatable bonds is 3. The van der Waals surface area contributed by atoms with Crippen LogP contribution in [0.4, 0.5) is 5.69 Å². The Morgan fingerprint density at radius 3 is 2.32 bits per heavy atom. The van der Waals surface area contributed by atoms with Crippen LogP contribution in [0.2, 0.25) is 15.1 Å². The van der Waals surface area contributed by atoms with Crippen molar-refractivity contribution in [1.29, 1.82) is 5.26 Å². The number of para-hydroxylation sites is 1. The number of nitrogens with zero attached hydrogens (tertiary/aromatic N) is 1. The predicted octanol–water partition coefficient (Wildman–Crippen LogP) is 5.32. The minimum absolute atomic E-state index is 0.417. The van der Waals surface area contributed by atoms with E-state index in [2.05, 4.69) is 11.4 Å². The molecule has 0 aliphatic heterocycles. The van der Waals surface area contributed by atoms with Gasteiger partial charge in [-0.25, -0.2) is 0 Å². The van der Waals surface area contributed by atoms with Gasteiger partial charge < -0.3 is 5.32 Å². The standard InChI is InChI=1S/C14H9Cl3N2/c15-10-6-5-9(7-12(10)17)14(8-18)19-13-4-2-1-3-11(13)16/h1-7,14,19H. The molecule has 0 radical (unpaired) electrons. The van der Waals surface area contributed by atoms with Crippen molar-refractivity contribution >= 4 is 40.5 Å². The molecule has 1 N–H and O–H groups in total. The van der Waals surface area contributed by atoms with Crippen LogP contribution in [0, 0.1) is 11.3 Å². The number of nitrogens with one attached hydrogen (secondary N) is 1. The van der Waals surface area contributed by atoms with Crippen LogP contribution in [0.5, 0.6) is 0 Å². The van der Waals surface area contributed by atoms with Crippen LogP contribution < -0.4 is 5.32 Å². The first-order chi connectivity index (χ1) is 9.11. The molecule has 0 bridgehead atoms. The predicted molar refractivity (Wildman–Crippen MR) is 79.9 cm³/mol.